The number of nitrogens with zero attached hydrogens (tertiary/aromatic N) is 2. The lowest BCUT2D eigenvalue weighted by Gasteiger charge is -2.26. The first kappa shape index (κ1) is 37.2. The van der Waals surface area contributed by atoms with Crippen molar-refractivity contribution in [1.29, 1.82) is 0 Å². The van der Waals surface area contributed by atoms with Crippen molar-refractivity contribution in [3.8, 4) is 5.75 Å². The maximum atomic E-state index is 13.6. The molecule has 0 aliphatic carbocycles. The number of guanidine groups is 1. The van der Waals surface area contributed by atoms with Gasteiger partial charge in [0.25, 0.3) is 5.91 Å². The largest absolute Gasteiger partial charge is 0.492 e. The number of rotatable bonds is 20. The van der Waals surface area contributed by atoms with Crippen molar-refractivity contribution in [2.45, 2.75) is 69.5 Å². The van der Waals surface area contributed by atoms with Crippen molar-refractivity contribution in [1.82, 2.24) is 20.9 Å². The van der Waals surface area contributed by atoms with Crippen molar-refractivity contribution in [2.24, 2.45) is 27.9 Å². The normalized spacial score (nSPS) is 15.1. The summed E-state index contributed by atoms with van der Waals surface area (Å²) < 4.78 is 5.89. The number of likely N-dealkylation sites (tertiary alicyclic amines) is 1. The lowest BCUT2D eigenvalue weighted by Crippen LogP contribution is -2.54. The van der Waals surface area contributed by atoms with Crippen LogP contribution in [0.5, 0.6) is 5.75 Å². The van der Waals surface area contributed by atoms with Gasteiger partial charge in [-0.3, -0.25) is 29.1 Å². The number of amides is 4. The van der Waals surface area contributed by atoms with E-state index in [1.54, 1.807) is 41.8 Å². The highest BCUT2D eigenvalue weighted by Crippen LogP contribution is 2.19. The molecule has 0 spiro atoms. The predicted octanol–water partition coefficient (Wildman–Crippen LogP) is 0.721. The Bertz CT molecular complexity index is 1300. The second-order valence-corrected chi connectivity index (χ2v) is 12.4. The average Bonchev–Trinajstić information content (AvgIpc) is 3.61. The van der Waals surface area contributed by atoms with E-state index in [0.29, 0.717) is 48.6 Å². The van der Waals surface area contributed by atoms with Gasteiger partial charge in [0.05, 0.1) is 4.88 Å². The molecule has 4 amide bonds. The molecule has 3 atom stereocenters. The van der Waals surface area contributed by atoms with Gasteiger partial charge in [-0.25, -0.2) is 0 Å². The van der Waals surface area contributed by atoms with Gasteiger partial charge in [0.2, 0.25) is 17.7 Å². The summed E-state index contributed by atoms with van der Waals surface area (Å²) in [6.45, 7) is 4.21. The molecular weight excluding hydrogens is 622 g/mol. The monoisotopic (exact) mass is 671 g/mol. The van der Waals surface area contributed by atoms with Gasteiger partial charge in [-0.1, -0.05) is 24.6 Å². The minimum atomic E-state index is -1.15. The first-order valence-corrected chi connectivity index (χ1v) is 17.0. The first-order chi connectivity index (χ1) is 22.7. The van der Waals surface area contributed by atoms with Gasteiger partial charge in [-0.2, -0.15) is 0 Å². The molecule has 15 heteroatoms. The van der Waals surface area contributed by atoms with Crippen molar-refractivity contribution in [2.75, 3.05) is 39.3 Å². The van der Waals surface area contributed by atoms with E-state index in [1.165, 1.54) is 30.6 Å². The van der Waals surface area contributed by atoms with Crippen LogP contribution < -0.4 is 43.6 Å². The molecule has 1 fully saturated rings. The lowest BCUT2D eigenvalue weighted by molar-refractivity contribution is -0.132. The van der Waals surface area contributed by atoms with Gasteiger partial charge >= 0.3 is 0 Å². The molecule has 0 radical (unpaired) electrons. The fourth-order valence-corrected chi connectivity index (χ4v) is 5.86. The summed E-state index contributed by atoms with van der Waals surface area (Å²) >= 11 is 1.24. The molecule has 2 heterocycles. The van der Waals surface area contributed by atoms with E-state index >= 15 is 0 Å². The van der Waals surface area contributed by atoms with Crippen LogP contribution in [0.4, 0.5) is 0 Å². The van der Waals surface area contributed by atoms with Crippen LogP contribution in [-0.2, 0) is 14.4 Å². The highest BCUT2D eigenvalue weighted by molar-refractivity contribution is 7.12. The van der Waals surface area contributed by atoms with Crippen molar-refractivity contribution in [3.05, 3.63) is 52.2 Å². The Labute approximate surface area is 280 Å². The number of piperidine rings is 1. The summed E-state index contributed by atoms with van der Waals surface area (Å²) in [6.07, 6.45) is 5.71. The van der Waals surface area contributed by atoms with Crippen LogP contribution in [0.15, 0.2) is 46.8 Å². The van der Waals surface area contributed by atoms with E-state index in [1.807, 2.05) is 0 Å². The highest BCUT2D eigenvalue weighted by atomic mass is 32.1. The Hall–Kier alpha value is -4.21. The van der Waals surface area contributed by atoms with Crippen LogP contribution in [0.1, 0.15) is 72.6 Å². The second-order valence-electron chi connectivity index (χ2n) is 11.5. The molecule has 1 aromatic carbocycles. The maximum absolute atomic E-state index is 13.6. The van der Waals surface area contributed by atoms with Crippen LogP contribution >= 0.6 is 11.3 Å². The molecule has 0 bridgehead atoms. The first-order valence-electron chi connectivity index (χ1n) is 16.1. The quantitative estimate of drug-likeness (QED) is 0.0596. The topological polar surface area (TPSA) is 233 Å². The minimum Gasteiger partial charge on any atom is -0.492 e. The standard InChI is InChI=1S/C32H49N9O5S/c33-15-3-2-8-24(38-29(43)25(9-6-16-37-32(35)36)39-31(45)26-10-7-21-47-26)30(44)40-27(28(34)42)22-11-13-23(14-12-22)46-20-19-41-17-4-1-5-18-41/h7,10-14,21,24-25,27H,1-6,8-9,15-20,33H2,(H2,34,42)(H,38,43)(H,39,45)(H,40,44)(H4,35,36,37)/t24-,25-,27-/m0/s1. The summed E-state index contributed by atoms with van der Waals surface area (Å²) in [7, 11) is 0. The smallest absolute Gasteiger partial charge is 0.261 e. The van der Waals surface area contributed by atoms with E-state index in [-0.39, 0.29) is 25.3 Å². The zero-order valence-corrected chi connectivity index (χ0v) is 27.6. The van der Waals surface area contributed by atoms with Gasteiger partial charge in [-0.15, -0.1) is 11.3 Å². The van der Waals surface area contributed by atoms with Gasteiger partial charge in [0, 0.05) is 13.1 Å². The molecule has 47 heavy (non-hydrogen) atoms. The van der Waals surface area contributed by atoms with E-state index in [4.69, 9.17) is 27.7 Å². The van der Waals surface area contributed by atoms with Crippen LogP contribution in [0.2, 0.25) is 0 Å². The van der Waals surface area contributed by atoms with E-state index in [9.17, 15) is 19.2 Å². The Morgan fingerprint density at radius 3 is 2.19 bits per heavy atom. The van der Waals surface area contributed by atoms with Crippen molar-refractivity contribution in [3.63, 3.8) is 0 Å². The second kappa shape index (κ2) is 20.1. The maximum Gasteiger partial charge on any atom is 0.261 e. The van der Waals surface area contributed by atoms with Crippen LogP contribution in [-0.4, -0.2) is 85.9 Å². The number of hydrogen-bond acceptors (Lipinski definition) is 9. The van der Waals surface area contributed by atoms with Crippen LogP contribution in [0.3, 0.4) is 0 Å². The number of nitrogens with one attached hydrogen (secondary N) is 3. The average molecular weight is 672 g/mol. The summed E-state index contributed by atoms with van der Waals surface area (Å²) in [6, 6.07) is 7.07. The Kier molecular flexibility index (Phi) is 15.9. The number of benzene rings is 1. The molecule has 1 aliphatic heterocycles. The third kappa shape index (κ3) is 13.2. The third-order valence-corrected chi connectivity index (χ3v) is 8.67. The zero-order chi connectivity index (χ0) is 34.0. The van der Waals surface area contributed by atoms with Crippen LogP contribution in [0.25, 0.3) is 0 Å². The molecule has 11 N–H and O–H groups in total. The van der Waals surface area contributed by atoms with Gasteiger partial charge < -0.3 is 43.6 Å². The summed E-state index contributed by atoms with van der Waals surface area (Å²) in [5.74, 6) is -1.77. The Balaban J connectivity index is 1.67. The number of carbonyl (C=O) groups is 4. The SMILES string of the molecule is NCCCC[C@H](NC(=O)[C@H](CCCN=C(N)N)NC(=O)c1cccs1)C(=O)N[C@H](C(N)=O)c1ccc(OCCN2CCCCC2)cc1. The fraction of sp³-hybridized carbons (Fsp3) is 0.531. The molecular formula is C32H49N9O5S. The minimum absolute atomic E-state index is 0.0794. The van der Waals surface area contributed by atoms with E-state index in [2.05, 4.69) is 25.8 Å². The van der Waals surface area contributed by atoms with E-state index < -0.39 is 41.8 Å². The van der Waals surface area contributed by atoms with Gasteiger partial charge in [0.1, 0.15) is 30.5 Å². The lowest BCUT2D eigenvalue weighted by atomic mass is 10.0. The number of ether oxygens (including phenoxy) is 1. The molecule has 0 saturated carbocycles. The summed E-state index contributed by atoms with van der Waals surface area (Å²) in [4.78, 5) is 59.2. The number of thiophene rings is 1. The zero-order valence-electron chi connectivity index (χ0n) is 26.8. The molecule has 1 aliphatic rings. The summed E-state index contributed by atoms with van der Waals surface area (Å²) in [5, 5.41) is 9.97. The highest BCUT2D eigenvalue weighted by Gasteiger charge is 2.30. The molecule has 258 valence electrons. The van der Waals surface area contributed by atoms with Crippen molar-refractivity contribution < 1.29 is 23.9 Å². The Morgan fingerprint density at radius 2 is 1.55 bits per heavy atom. The molecule has 1 saturated heterocycles. The molecule has 14 nitrogen and oxygen atoms in total. The third-order valence-electron chi connectivity index (χ3n) is 7.80. The predicted molar refractivity (Wildman–Crippen MR) is 183 cm³/mol. The Morgan fingerprint density at radius 1 is 0.872 bits per heavy atom. The number of unbranched alkanes of at least 4 members (excludes halogenated alkanes) is 1. The van der Waals surface area contributed by atoms with Crippen LogP contribution in [0, 0.1) is 0 Å². The van der Waals surface area contributed by atoms with Gasteiger partial charge in [0.15, 0.2) is 5.96 Å². The molecule has 3 rings (SSSR count). The number of nitrogens with two attached hydrogens (primary N) is 4. The fourth-order valence-electron chi connectivity index (χ4n) is 5.24. The number of carbonyl (C=O) groups excluding carboxylic acids is 4. The number of primary amides is 1. The van der Waals surface area contributed by atoms with Gasteiger partial charge in [-0.05, 0) is 93.7 Å². The number of aliphatic imine (C=N–C) groups is 1. The molecule has 1 aromatic heterocycles. The number of hydrogen-bond donors (Lipinski definition) is 7. The van der Waals surface area contributed by atoms with Crippen molar-refractivity contribution >= 4 is 40.9 Å². The van der Waals surface area contributed by atoms with E-state index in [0.717, 1.165) is 19.6 Å². The molecule has 0 unspecified atom stereocenters. The summed E-state index contributed by atoms with van der Waals surface area (Å²) in [5.41, 5.74) is 22.7. The molecule has 2 aromatic rings.